The summed E-state index contributed by atoms with van der Waals surface area (Å²) in [7, 11) is 3.26. The van der Waals surface area contributed by atoms with Gasteiger partial charge in [0.25, 0.3) is 0 Å². The highest BCUT2D eigenvalue weighted by Gasteiger charge is 2.08. The van der Waals surface area contributed by atoms with Crippen molar-refractivity contribution in [3.8, 4) is 5.75 Å². The molecule has 0 aromatic heterocycles. The lowest BCUT2D eigenvalue weighted by Crippen LogP contribution is -2.27. The zero-order valence-electron chi connectivity index (χ0n) is 11.3. The molecule has 4 nitrogen and oxygen atoms in total. The van der Waals surface area contributed by atoms with Crippen LogP contribution >= 0.6 is 0 Å². The van der Waals surface area contributed by atoms with Crippen LogP contribution in [0.2, 0.25) is 0 Å². The molecule has 0 atom stereocenters. The molecule has 100 valence electrons. The molecule has 18 heavy (non-hydrogen) atoms. The van der Waals surface area contributed by atoms with Crippen molar-refractivity contribution in [2.45, 2.75) is 13.3 Å². The summed E-state index contributed by atoms with van der Waals surface area (Å²) in [6.45, 7) is 3.67. The van der Waals surface area contributed by atoms with Gasteiger partial charge in [-0.2, -0.15) is 0 Å². The fourth-order valence-corrected chi connectivity index (χ4v) is 1.72. The molecule has 0 saturated carbocycles. The normalized spacial score (nSPS) is 10.4. The van der Waals surface area contributed by atoms with Crippen LogP contribution in [0.4, 0.5) is 0 Å². The van der Waals surface area contributed by atoms with E-state index in [4.69, 9.17) is 9.47 Å². The molecule has 0 heterocycles. The number of rotatable bonds is 8. The molecule has 0 aliphatic carbocycles. The van der Waals surface area contributed by atoms with E-state index in [2.05, 4.69) is 5.32 Å². The second-order valence-corrected chi connectivity index (χ2v) is 4.20. The SMILES string of the molecule is COCCNCC(=O)Cc1cc(C)ccc1OC. The van der Waals surface area contributed by atoms with Crippen LogP contribution in [0.5, 0.6) is 5.75 Å². The first-order valence-corrected chi connectivity index (χ1v) is 6.02. The average molecular weight is 251 g/mol. The fraction of sp³-hybridized carbons (Fsp3) is 0.500. The Kier molecular flexibility index (Phi) is 6.39. The van der Waals surface area contributed by atoms with E-state index in [1.54, 1.807) is 14.2 Å². The number of hydrogen-bond acceptors (Lipinski definition) is 4. The van der Waals surface area contributed by atoms with Crippen molar-refractivity contribution in [3.05, 3.63) is 29.3 Å². The maximum absolute atomic E-state index is 11.8. The molecule has 0 fully saturated rings. The molecule has 0 amide bonds. The Bertz CT molecular complexity index is 391. The van der Waals surface area contributed by atoms with Gasteiger partial charge in [0.1, 0.15) is 5.75 Å². The van der Waals surface area contributed by atoms with Crippen LogP contribution in [0.1, 0.15) is 11.1 Å². The van der Waals surface area contributed by atoms with Crippen molar-refractivity contribution in [1.82, 2.24) is 5.32 Å². The van der Waals surface area contributed by atoms with Gasteiger partial charge in [0.05, 0.1) is 20.3 Å². The number of benzene rings is 1. The van der Waals surface area contributed by atoms with Gasteiger partial charge in [-0.1, -0.05) is 17.7 Å². The summed E-state index contributed by atoms with van der Waals surface area (Å²) in [6, 6.07) is 5.87. The zero-order chi connectivity index (χ0) is 13.4. The highest BCUT2D eigenvalue weighted by molar-refractivity contribution is 5.83. The van der Waals surface area contributed by atoms with Gasteiger partial charge < -0.3 is 14.8 Å². The van der Waals surface area contributed by atoms with Crippen molar-refractivity contribution in [2.75, 3.05) is 33.9 Å². The average Bonchev–Trinajstić information content (AvgIpc) is 2.35. The summed E-state index contributed by atoms with van der Waals surface area (Å²) in [4.78, 5) is 11.8. The molecule has 1 N–H and O–H groups in total. The first-order valence-electron chi connectivity index (χ1n) is 6.02. The Morgan fingerprint density at radius 1 is 1.33 bits per heavy atom. The molecular weight excluding hydrogens is 230 g/mol. The number of ketones is 1. The van der Waals surface area contributed by atoms with Crippen molar-refractivity contribution >= 4 is 5.78 Å². The standard InChI is InChI=1S/C14H21NO3/c1-11-4-5-14(18-3)12(8-11)9-13(16)10-15-6-7-17-2/h4-5,8,15H,6-7,9-10H2,1-3H3. The number of nitrogens with one attached hydrogen (secondary N) is 1. The van der Waals surface area contributed by atoms with E-state index in [-0.39, 0.29) is 5.78 Å². The third-order valence-electron chi connectivity index (χ3n) is 2.63. The summed E-state index contributed by atoms with van der Waals surface area (Å²) in [5, 5.41) is 3.04. The predicted molar refractivity (Wildman–Crippen MR) is 71.2 cm³/mol. The van der Waals surface area contributed by atoms with Gasteiger partial charge in [0.15, 0.2) is 5.78 Å². The van der Waals surface area contributed by atoms with Crippen LogP contribution in [0.15, 0.2) is 18.2 Å². The summed E-state index contributed by atoms with van der Waals surface area (Å²) >= 11 is 0. The zero-order valence-corrected chi connectivity index (χ0v) is 11.3. The van der Waals surface area contributed by atoms with Crippen LogP contribution in [0, 0.1) is 6.92 Å². The summed E-state index contributed by atoms with van der Waals surface area (Å²) < 4.78 is 10.2. The number of aryl methyl sites for hydroxylation is 1. The topological polar surface area (TPSA) is 47.6 Å². The molecule has 1 aromatic carbocycles. The molecule has 0 unspecified atom stereocenters. The molecule has 0 aliphatic rings. The van der Waals surface area contributed by atoms with Crippen molar-refractivity contribution in [3.63, 3.8) is 0 Å². The Labute approximate surface area is 108 Å². The molecule has 0 radical (unpaired) electrons. The second-order valence-electron chi connectivity index (χ2n) is 4.20. The van der Waals surface area contributed by atoms with Crippen molar-refractivity contribution in [2.24, 2.45) is 0 Å². The number of carbonyl (C=O) groups is 1. The largest absolute Gasteiger partial charge is 0.496 e. The lowest BCUT2D eigenvalue weighted by Gasteiger charge is -2.09. The Morgan fingerprint density at radius 3 is 2.78 bits per heavy atom. The first-order chi connectivity index (χ1) is 8.67. The third kappa shape index (κ3) is 4.85. The van der Waals surface area contributed by atoms with Crippen molar-refractivity contribution < 1.29 is 14.3 Å². The number of methoxy groups -OCH3 is 2. The second kappa shape index (κ2) is 7.84. The maximum Gasteiger partial charge on any atom is 0.151 e. The van der Waals surface area contributed by atoms with E-state index in [1.165, 1.54) is 0 Å². The van der Waals surface area contributed by atoms with E-state index in [0.29, 0.717) is 26.1 Å². The van der Waals surface area contributed by atoms with Gasteiger partial charge in [-0.05, 0) is 13.0 Å². The number of carbonyl (C=O) groups excluding carboxylic acids is 1. The lowest BCUT2D eigenvalue weighted by atomic mass is 10.0. The minimum atomic E-state index is 0.148. The Balaban J connectivity index is 2.50. The molecule has 1 aromatic rings. The number of Topliss-reactive ketones (excluding diaryl/α,β-unsaturated/α-hetero) is 1. The van der Waals surface area contributed by atoms with E-state index in [0.717, 1.165) is 16.9 Å². The van der Waals surface area contributed by atoms with E-state index >= 15 is 0 Å². The van der Waals surface area contributed by atoms with Gasteiger partial charge in [-0.25, -0.2) is 0 Å². The first kappa shape index (κ1) is 14.7. The van der Waals surface area contributed by atoms with Crippen molar-refractivity contribution in [1.29, 1.82) is 0 Å². The molecule has 4 heteroatoms. The highest BCUT2D eigenvalue weighted by atomic mass is 16.5. The third-order valence-corrected chi connectivity index (χ3v) is 2.63. The highest BCUT2D eigenvalue weighted by Crippen LogP contribution is 2.20. The van der Waals surface area contributed by atoms with Gasteiger partial charge in [0.2, 0.25) is 0 Å². The maximum atomic E-state index is 11.8. The summed E-state index contributed by atoms with van der Waals surface area (Å²) in [5.41, 5.74) is 2.07. The summed E-state index contributed by atoms with van der Waals surface area (Å²) in [5.74, 6) is 0.917. The van der Waals surface area contributed by atoms with Gasteiger partial charge in [0, 0.05) is 25.6 Å². The smallest absolute Gasteiger partial charge is 0.151 e. The van der Waals surface area contributed by atoms with Crippen LogP contribution in [0.25, 0.3) is 0 Å². The molecule has 0 bridgehead atoms. The quantitative estimate of drug-likeness (QED) is 0.709. The van der Waals surface area contributed by atoms with Crippen LogP contribution in [0.3, 0.4) is 0 Å². The number of ether oxygens (including phenoxy) is 2. The molecule has 0 spiro atoms. The lowest BCUT2D eigenvalue weighted by molar-refractivity contribution is -0.117. The van der Waals surface area contributed by atoms with Gasteiger partial charge >= 0.3 is 0 Å². The number of hydrogen-bond donors (Lipinski definition) is 1. The van der Waals surface area contributed by atoms with Crippen LogP contribution in [-0.2, 0) is 16.0 Å². The fourth-order valence-electron chi connectivity index (χ4n) is 1.72. The molecule has 1 rings (SSSR count). The Morgan fingerprint density at radius 2 is 2.11 bits per heavy atom. The molecule has 0 aliphatic heterocycles. The Hall–Kier alpha value is -1.39. The summed E-state index contributed by atoms with van der Waals surface area (Å²) in [6.07, 6.45) is 0.394. The van der Waals surface area contributed by atoms with E-state index in [1.807, 2.05) is 25.1 Å². The monoisotopic (exact) mass is 251 g/mol. The van der Waals surface area contributed by atoms with Gasteiger partial charge in [-0.3, -0.25) is 4.79 Å². The molecule has 0 saturated heterocycles. The molecular formula is C14H21NO3. The predicted octanol–water partition coefficient (Wildman–Crippen LogP) is 1.35. The van der Waals surface area contributed by atoms with Gasteiger partial charge in [-0.15, -0.1) is 0 Å². The van der Waals surface area contributed by atoms with Crippen LogP contribution in [-0.4, -0.2) is 39.7 Å². The minimum Gasteiger partial charge on any atom is -0.496 e. The minimum absolute atomic E-state index is 0.148. The van der Waals surface area contributed by atoms with E-state index < -0.39 is 0 Å². The van der Waals surface area contributed by atoms with E-state index in [9.17, 15) is 4.79 Å². The van der Waals surface area contributed by atoms with Crippen LogP contribution < -0.4 is 10.1 Å².